The fourth-order valence-corrected chi connectivity index (χ4v) is 5.28. The standard InChI is InChI=1S/C16H26O4/c1-3-12(4-2)13(17)20-16-7-11-5-14(18,9-16)8-15(19,6-11)10-16/h11-12,18-19H,3-10H2,1-2H3. The number of carbonyl (C=O) groups excluding carboxylic acids is 1. The van der Waals surface area contributed by atoms with Crippen molar-refractivity contribution in [3.63, 3.8) is 0 Å². The summed E-state index contributed by atoms with van der Waals surface area (Å²) in [6.45, 7) is 3.99. The molecule has 0 aromatic carbocycles. The zero-order valence-electron chi connectivity index (χ0n) is 12.5. The van der Waals surface area contributed by atoms with E-state index in [1.165, 1.54) is 0 Å². The summed E-state index contributed by atoms with van der Waals surface area (Å²) in [7, 11) is 0. The summed E-state index contributed by atoms with van der Waals surface area (Å²) in [6.07, 6.45) is 5.33. The maximum atomic E-state index is 12.3. The van der Waals surface area contributed by atoms with Crippen molar-refractivity contribution in [3.8, 4) is 0 Å². The number of hydrogen-bond donors (Lipinski definition) is 2. The molecule has 0 saturated heterocycles. The lowest BCUT2D eigenvalue weighted by molar-refractivity contribution is -0.262. The summed E-state index contributed by atoms with van der Waals surface area (Å²) >= 11 is 0. The first-order valence-corrected chi connectivity index (χ1v) is 7.99. The van der Waals surface area contributed by atoms with Gasteiger partial charge in [-0.1, -0.05) is 13.8 Å². The number of aliphatic hydroxyl groups is 2. The minimum absolute atomic E-state index is 0.0627. The van der Waals surface area contributed by atoms with Crippen molar-refractivity contribution >= 4 is 5.97 Å². The van der Waals surface area contributed by atoms with Gasteiger partial charge in [0, 0.05) is 19.3 Å². The maximum Gasteiger partial charge on any atom is 0.309 e. The molecule has 4 heteroatoms. The Morgan fingerprint density at radius 3 is 2.10 bits per heavy atom. The Labute approximate surface area is 120 Å². The Hall–Kier alpha value is -0.610. The normalized spacial score (nSPS) is 46.0. The number of hydrogen-bond acceptors (Lipinski definition) is 4. The molecule has 114 valence electrons. The van der Waals surface area contributed by atoms with E-state index in [0.717, 1.165) is 32.1 Å². The molecule has 0 radical (unpaired) electrons. The lowest BCUT2D eigenvalue weighted by Crippen LogP contribution is -2.67. The van der Waals surface area contributed by atoms with Crippen LogP contribution in [0.15, 0.2) is 0 Å². The van der Waals surface area contributed by atoms with Gasteiger partial charge in [-0.3, -0.25) is 4.79 Å². The third-order valence-corrected chi connectivity index (χ3v) is 5.59. The number of esters is 1. The molecule has 2 unspecified atom stereocenters. The first kappa shape index (κ1) is 14.3. The minimum atomic E-state index is -0.831. The Balaban J connectivity index is 1.80. The molecule has 4 fully saturated rings. The minimum Gasteiger partial charge on any atom is -0.459 e. The summed E-state index contributed by atoms with van der Waals surface area (Å²) in [5.41, 5.74) is -2.28. The van der Waals surface area contributed by atoms with E-state index in [1.807, 2.05) is 13.8 Å². The summed E-state index contributed by atoms with van der Waals surface area (Å²) < 4.78 is 5.87. The molecular weight excluding hydrogens is 256 g/mol. The van der Waals surface area contributed by atoms with Crippen molar-refractivity contribution in [1.29, 1.82) is 0 Å². The predicted molar refractivity (Wildman–Crippen MR) is 74.0 cm³/mol. The molecule has 4 rings (SSSR count). The van der Waals surface area contributed by atoms with Crippen LogP contribution in [0.4, 0.5) is 0 Å². The van der Waals surface area contributed by atoms with Crippen LogP contribution in [0.2, 0.25) is 0 Å². The van der Waals surface area contributed by atoms with E-state index in [0.29, 0.717) is 19.3 Å². The highest BCUT2D eigenvalue weighted by Gasteiger charge is 2.64. The molecule has 0 spiro atoms. The third-order valence-electron chi connectivity index (χ3n) is 5.59. The van der Waals surface area contributed by atoms with Crippen molar-refractivity contribution in [2.24, 2.45) is 11.8 Å². The Morgan fingerprint density at radius 1 is 1.10 bits per heavy atom. The SMILES string of the molecule is CCC(CC)C(=O)OC12CC3CC(O)(CC(O)(C3)C1)C2. The van der Waals surface area contributed by atoms with E-state index in [9.17, 15) is 15.0 Å². The van der Waals surface area contributed by atoms with E-state index >= 15 is 0 Å². The van der Waals surface area contributed by atoms with Gasteiger partial charge in [-0.05, 0) is 38.0 Å². The second kappa shape index (κ2) is 4.44. The molecule has 0 heterocycles. The lowest BCUT2D eigenvalue weighted by atomic mass is 9.50. The van der Waals surface area contributed by atoms with Crippen LogP contribution in [0, 0.1) is 11.8 Å². The van der Waals surface area contributed by atoms with Gasteiger partial charge in [0.15, 0.2) is 0 Å². The van der Waals surface area contributed by atoms with Gasteiger partial charge in [0.2, 0.25) is 0 Å². The molecule has 0 aromatic rings. The van der Waals surface area contributed by atoms with Crippen LogP contribution in [-0.2, 0) is 9.53 Å². The highest BCUT2D eigenvalue weighted by Crippen LogP contribution is 2.60. The van der Waals surface area contributed by atoms with E-state index in [4.69, 9.17) is 4.74 Å². The van der Waals surface area contributed by atoms with E-state index in [-0.39, 0.29) is 17.8 Å². The van der Waals surface area contributed by atoms with Gasteiger partial charge in [-0.2, -0.15) is 0 Å². The zero-order valence-corrected chi connectivity index (χ0v) is 12.5. The van der Waals surface area contributed by atoms with Crippen molar-refractivity contribution in [3.05, 3.63) is 0 Å². The fraction of sp³-hybridized carbons (Fsp3) is 0.938. The molecule has 20 heavy (non-hydrogen) atoms. The van der Waals surface area contributed by atoms with Gasteiger partial charge in [0.05, 0.1) is 17.1 Å². The van der Waals surface area contributed by atoms with Gasteiger partial charge in [0.1, 0.15) is 5.60 Å². The van der Waals surface area contributed by atoms with Gasteiger partial charge >= 0.3 is 5.97 Å². The van der Waals surface area contributed by atoms with E-state index in [2.05, 4.69) is 0 Å². The second-order valence-electron chi connectivity index (χ2n) is 7.57. The first-order valence-electron chi connectivity index (χ1n) is 7.99. The van der Waals surface area contributed by atoms with Crippen molar-refractivity contribution in [2.45, 2.75) is 82.0 Å². The van der Waals surface area contributed by atoms with Crippen molar-refractivity contribution in [1.82, 2.24) is 0 Å². The topological polar surface area (TPSA) is 66.8 Å². The average Bonchev–Trinajstić information content (AvgIpc) is 2.24. The molecule has 2 N–H and O–H groups in total. The van der Waals surface area contributed by atoms with Crippen LogP contribution >= 0.6 is 0 Å². The van der Waals surface area contributed by atoms with Crippen LogP contribution in [0.1, 0.15) is 65.2 Å². The largest absolute Gasteiger partial charge is 0.459 e. The van der Waals surface area contributed by atoms with E-state index in [1.54, 1.807) is 0 Å². The smallest absolute Gasteiger partial charge is 0.309 e. The molecule has 0 aliphatic heterocycles. The number of ether oxygens (including phenoxy) is 1. The highest BCUT2D eigenvalue weighted by atomic mass is 16.6. The summed E-state index contributed by atoms with van der Waals surface area (Å²) in [6, 6.07) is 0. The average molecular weight is 282 g/mol. The summed E-state index contributed by atoms with van der Waals surface area (Å²) in [5, 5.41) is 21.3. The summed E-state index contributed by atoms with van der Waals surface area (Å²) in [4.78, 5) is 12.3. The monoisotopic (exact) mass is 282 g/mol. The van der Waals surface area contributed by atoms with Gasteiger partial charge in [-0.15, -0.1) is 0 Å². The molecule has 0 aromatic heterocycles. The van der Waals surface area contributed by atoms with Crippen LogP contribution < -0.4 is 0 Å². The maximum absolute atomic E-state index is 12.3. The summed E-state index contributed by atoms with van der Waals surface area (Å²) in [5.74, 6) is 0.0761. The highest BCUT2D eigenvalue weighted by molar-refractivity contribution is 5.73. The van der Waals surface area contributed by atoms with Crippen LogP contribution in [0.25, 0.3) is 0 Å². The first-order chi connectivity index (χ1) is 9.31. The quantitative estimate of drug-likeness (QED) is 0.775. The molecular formula is C16H26O4. The molecule has 4 bridgehead atoms. The molecule has 4 aliphatic carbocycles. The number of rotatable bonds is 4. The van der Waals surface area contributed by atoms with Gasteiger partial charge < -0.3 is 14.9 Å². The van der Waals surface area contributed by atoms with Crippen molar-refractivity contribution in [2.75, 3.05) is 0 Å². The van der Waals surface area contributed by atoms with Crippen LogP contribution in [0.5, 0.6) is 0 Å². The Morgan fingerprint density at radius 2 is 1.65 bits per heavy atom. The van der Waals surface area contributed by atoms with Crippen LogP contribution in [-0.4, -0.2) is 33.0 Å². The molecule has 4 aliphatic rings. The van der Waals surface area contributed by atoms with Gasteiger partial charge in [-0.25, -0.2) is 0 Å². The fourth-order valence-electron chi connectivity index (χ4n) is 5.28. The third kappa shape index (κ3) is 2.27. The molecule has 0 amide bonds. The van der Waals surface area contributed by atoms with Gasteiger partial charge in [0.25, 0.3) is 0 Å². The number of carbonyl (C=O) groups is 1. The van der Waals surface area contributed by atoms with Crippen molar-refractivity contribution < 1.29 is 19.7 Å². The Kier molecular flexibility index (Phi) is 3.18. The van der Waals surface area contributed by atoms with E-state index < -0.39 is 16.8 Å². The second-order valence-corrected chi connectivity index (χ2v) is 7.57. The Bertz CT molecular complexity index is 397. The molecule has 4 nitrogen and oxygen atoms in total. The predicted octanol–water partition coefficient (Wildman–Crippen LogP) is 2.16. The lowest BCUT2D eigenvalue weighted by Gasteiger charge is -2.62. The zero-order chi connectivity index (χ0) is 14.6. The molecule has 4 saturated carbocycles. The molecule has 2 atom stereocenters. The van der Waals surface area contributed by atoms with Crippen LogP contribution in [0.3, 0.4) is 0 Å².